The molecule has 0 atom stereocenters. The van der Waals surface area contributed by atoms with E-state index >= 15 is 0 Å². The molecule has 2 heterocycles. The number of hydrogen-bond acceptors (Lipinski definition) is 4. The van der Waals surface area contributed by atoms with Gasteiger partial charge in [0, 0.05) is 6.20 Å². The van der Waals surface area contributed by atoms with E-state index in [4.69, 9.17) is 5.11 Å². The first-order chi connectivity index (χ1) is 10.2. The lowest BCUT2D eigenvalue weighted by molar-refractivity contribution is -0.133. The Hall–Kier alpha value is -2.34. The van der Waals surface area contributed by atoms with Gasteiger partial charge in [-0.05, 0) is 17.7 Å². The van der Waals surface area contributed by atoms with Crippen molar-refractivity contribution < 1.29 is 9.90 Å². The zero-order valence-electron chi connectivity index (χ0n) is 11.1. The van der Waals surface area contributed by atoms with Crippen molar-refractivity contribution in [2.45, 2.75) is 11.7 Å². The monoisotopic (exact) mass is 299 g/mol. The van der Waals surface area contributed by atoms with Gasteiger partial charge >= 0.3 is 5.97 Å². The molecule has 0 radical (unpaired) electrons. The van der Waals surface area contributed by atoms with Crippen molar-refractivity contribution in [2.75, 3.05) is 5.75 Å². The van der Waals surface area contributed by atoms with Crippen molar-refractivity contribution in [2.24, 2.45) is 0 Å². The molecule has 0 spiro atoms. The predicted molar refractivity (Wildman–Crippen MR) is 81.4 cm³/mol. The normalized spacial score (nSPS) is 10.9. The number of nitrogens with zero attached hydrogens (tertiary/aromatic N) is 3. The molecule has 0 unspecified atom stereocenters. The van der Waals surface area contributed by atoms with Gasteiger partial charge in [0.1, 0.15) is 5.52 Å². The molecule has 106 valence electrons. The summed E-state index contributed by atoms with van der Waals surface area (Å²) in [6.07, 6.45) is 1.72. The van der Waals surface area contributed by atoms with E-state index in [0.29, 0.717) is 11.7 Å². The molecule has 3 aromatic rings. The van der Waals surface area contributed by atoms with Crippen LogP contribution in [0.15, 0.2) is 53.8 Å². The average molecular weight is 299 g/mol. The Kier molecular flexibility index (Phi) is 3.87. The van der Waals surface area contributed by atoms with Crippen molar-refractivity contribution in [1.29, 1.82) is 0 Å². The summed E-state index contributed by atoms with van der Waals surface area (Å²) >= 11 is 1.21. The highest BCUT2D eigenvalue weighted by Crippen LogP contribution is 2.23. The highest BCUT2D eigenvalue weighted by atomic mass is 32.2. The van der Waals surface area contributed by atoms with E-state index in [9.17, 15) is 4.79 Å². The van der Waals surface area contributed by atoms with Crippen LogP contribution in [-0.4, -0.2) is 31.4 Å². The van der Waals surface area contributed by atoms with Crippen LogP contribution in [0.4, 0.5) is 0 Å². The maximum Gasteiger partial charge on any atom is 0.313 e. The lowest BCUT2D eigenvalue weighted by atomic mass is 10.2. The Labute approximate surface area is 125 Å². The number of aliphatic carboxylic acids is 1. The van der Waals surface area contributed by atoms with Crippen molar-refractivity contribution in [1.82, 2.24) is 14.5 Å². The molecule has 0 aliphatic rings. The minimum absolute atomic E-state index is 0.0158. The van der Waals surface area contributed by atoms with Crippen LogP contribution in [0.2, 0.25) is 0 Å². The van der Waals surface area contributed by atoms with Gasteiger partial charge in [-0.1, -0.05) is 42.1 Å². The molecule has 3 rings (SSSR count). The summed E-state index contributed by atoms with van der Waals surface area (Å²) in [4.78, 5) is 19.6. The number of carboxylic acid groups (broad SMARTS) is 1. The molecular weight excluding hydrogens is 286 g/mol. The molecular formula is C15H13N3O2S. The van der Waals surface area contributed by atoms with Crippen LogP contribution in [-0.2, 0) is 11.3 Å². The Morgan fingerprint density at radius 2 is 2.00 bits per heavy atom. The summed E-state index contributed by atoms with van der Waals surface area (Å²) in [5, 5.41) is 9.53. The Bertz CT molecular complexity index is 771. The maximum absolute atomic E-state index is 10.8. The second-order valence-electron chi connectivity index (χ2n) is 4.49. The smallest absolute Gasteiger partial charge is 0.313 e. The van der Waals surface area contributed by atoms with Gasteiger partial charge in [0.2, 0.25) is 0 Å². The molecule has 21 heavy (non-hydrogen) atoms. The van der Waals surface area contributed by atoms with Crippen molar-refractivity contribution in [3.05, 3.63) is 54.2 Å². The number of imidazole rings is 1. The second kappa shape index (κ2) is 5.97. The van der Waals surface area contributed by atoms with Gasteiger partial charge in [-0.3, -0.25) is 9.36 Å². The van der Waals surface area contributed by atoms with Crippen molar-refractivity contribution in [3.63, 3.8) is 0 Å². The fourth-order valence-corrected chi connectivity index (χ4v) is 2.81. The van der Waals surface area contributed by atoms with Crippen LogP contribution in [0.5, 0.6) is 0 Å². The summed E-state index contributed by atoms with van der Waals surface area (Å²) in [7, 11) is 0. The minimum Gasteiger partial charge on any atom is -0.481 e. The third kappa shape index (κ3) is 3.05. The van der Waals surface area contributed by atoms with E-state index in [0.717, 1.165) is 16.7 Å². The topological polar surface area (TPSA) is 68.0 Å². The third-order valence-corrected chi connectivity index (χ3v) is 3.94. The van der Waals surface area contributed by atoms with E-state index in [1.54, 1.807) is 6.20 Å². The van der Waals surface area contributed by atoms with Gasteiger partial charge in [0.25, 0.3) is 0 Å². The van der Waals surface area contributed by atoms with Crippen LogP contribution in [0.3, 0.4) is 0 Å². The first kappa shape index (κ1) is 13.6. The molecule has 1 aromatic carbocycles. The maximum atomic E-state index is 10.8. The summed E-state index contributed by atoms with van der Waals surface area (Å²) in [5.74, 6) is -0.871. The summed E-state index contributed by atoms with van der Waals surface area (Å²) in [6.45, 7) is 0.621. The average Bonchev–Trinajstić information content (AvgIpc) is 2.84. The molecule has 0 aliphatic carbocycles. The highest BCUT2D eigenvalue weighted by Gasteiger charge is 2.13. The largest absolute Gasteiger partial charge is 0.481 e. The SMILES string of the molecule is O=C(O)CSc1nc2cccnc2n1Cc1ccccc1. The van der Waals surface area contributed by atoms with Gasteiger partial charge in [-0.15, -0.1) is 0 Å². The molecule has 0 saturated heterocycles. The Morgan fingerprint density at radius 1 is 1.19 bits per heavy atom. The molecule has 0 aliphatic heterocycles. The molecule has 5 nitrogen and oxygen atoms in total. The van der Waals surface area contributed by atoms with Crippen LogP contribution < -0.4 is 0 Å². The first-order valence-electron chi connectivity index (χ1n) is 6.44. The molecule has 2 aromatic heterocycles. The highest BCUT2D eigenvalue weighted by molar-refractivity contribution is 7.99. The lowest BCUT2D eigenvalue weighted by Crippen LogP contribution is -2.05. The van der Waals surface area contributed by atoms with Gasteiger partial charge in [-0.25, -0.2) is 9.97 Å². The van der Waals surface area contributed by atoms with E-state index in [1.807, 2.05) is 47.0 Å². The van der Waals surface area contributed by atoms with E-state index in [2.05, 4.69) is 9.97 Å². The quantitative estimate of drug-likeness (QED) is 0.734. The number of rotatable bonds is 5. The molecule has 0 fully saturated rings. The van der Waals surface area contributed by atoms with Crippen LogP contribution in [0, 0.1) is 0 Å². The number of carboxylic acids is 1. The van der Waals surface area contributed by atoms with E-state index < -0.39 is 5.97 Å². The zero-order chi connectivity index (χ0) is 14.7. The summed E-state index contributed by atoms with van der Waals surface area (Å²) in [5.41, 5.74) is 2.68. The van der Waals surface area contributed by atoms with Gasteiger partial charge in [0.05, 0.1) is 12.3 Å². The second-order valence-corrected chi connectivity index (χ2v) is 5.44. The zero-order valence-corrected chi connectivity index (χ0v) is 12.0. The standard InChI is InChI=1S/C15H13N3O2S/c19-13(20)10-21-15-17-12-7-4-8-16-14(12)18(15)9-11-5-2-1-3-6-11/h1-8H,9-10H2,(H,19,20). The number of aromatic nitrogens is 3. The number of benzene rings is 1. The Balaban J connectivity index is 2.00. The van der Waals surface area contributed by atoms with Gasteiger partial charge in [0.15, 0.2) is 10.8 Å². The van der Waals surface area contributed by atoms with Gasteiger partial charge in [-0.2, -0.15) is 0 Å². The van der Waals surface area contributed by atoms with E-state index in [-0.39, 0.29) is 5.75 Å². The lowest BCUT2D eigenvalue weighted by Gasteiger charge is -2.07. The van der Waals surface area contributed by atoms with Crippen LogP contribution >= 0.6 is 11.8 Å². The predicted octanol–water partition coefficient (Wildman–Crippen LogP) is 2.66. The number of thioether (sulfide) groups is 1. The van der Waals surface area contributed by atoms with E-state index in [1.165, 1.54) is 11.8 Å². The number of hydrogen-bond donors (Lipinski definition) is 1. The number of pyridine rings is 1. The number of fused-ring (bicyclic) bond motifs is 1. The molecule has 0 amide bonds. The molecule has 0 saturated carbocycles. The van der Waals surface area contributed by atoms with Crippen LogP contribution in [0.1, 0.15) is 5.56 Å². The Morgan fingerprint density at radius 3 is 2.76 bits per heavy atom. The molecule has 6 heteroatoms. The molecule has 1 N–H and O–H groups in total. The minimum atomic E-state index is -0.855. The first-order valence-corrected chi connectivity index (χ1v) is 7.42. The van der Waals surface area contributed by atoms with Crippen molar-refractivity contribution in [3.8, 4) is 0 Å². The van der Waals surface area contributed by atoms with Crippen LogP contribution in [0.25, 0.3) is 11.2 Å². The van der Waals surface area contributed by atoms with Gasteiger partial charge < -0.3 is 5.11 Å². The fraction of sp³-hybridized carbons (Fsp3) is 0.133. The number of carbonyl (C=O) groups is 1. The molecule has 0 bridgehead atoms. The summed E-state index contributed by atoms with van der Waals surface area (Å²) < 4.78 is 1.96. The third-order valence-electron chi connectivity index (χ3n) is 2.98. The fourth-order valence-electron chi connectivity index (χ4n) is 2.08. The summed E-state index contributed by atoms with van der Waals surface area (Å²) in [6, 6.07) is 13.7. The van der Waals surface area contributed by atoms with Crippen molar-refractivity contribution >= 4 is 28.9 Å².